The number of nitro groups is 1. The third-order valence-corrected chi connectivity index (χ3v) is 3.28. The third-order valence-electron chi connectivity index (χ3n) is 3.28. The summed E-state index contributed by atoms with van der Waals surface area (Å²) in [4.78, 5) is 12.9. The first-order chi connectivity index (χ1) is 10.1. The summed E-state index contributed by atoms with van der Waals surface area (Å²) >= 11 is 0. The fourth-order valence-electron chi connectivity index (χ4n) is 2.28. The second-order valence-corrected chi connectivity index (χ2v) is 4.79. The minimum atomic E-state index is -0.343. The molecule has 0 amide bonds. The van der Waals surface area contributed by atoms with Crippen LogP contribution in [-0.4, -0.2) is 18.5 Å². The Morgan fingerprint density at radius 1 is 1.14 bits per heavy atom. The van der Waals surface area contributed by atoms with E-state index >= 15 is 0 Å². The summed E-state index contributed by atoms with van der Waals surface area (Å²) in [5.74, 6) is 0. The molecule has 1 N–H and O–H groups in total. The van der Waals surface area contributed by atoms with Gasteiger partial charge in [0.05, 0.1) is 4.92 Å². The Balaban J connectivity index is 2.31. The van der Waals surface area contributed by atoms with Crippen LogP contribution in [0.3, 0.4) is 0 Å². The molecule has 110 valence electrons. The number of benzene rings is 2. The minimum Gasteiger partial charge on any atom is -0.379 e. The average Bonchev–Trinajstić information content (AvgIpc) is 2.49. The molecule has 2 aromatic carbocycles. The van der Waals surface area contributed by atoms with Gasteiger partial charge in [-0.15, -0.1) is 0 Å². The molecule has 0 spiro atoms. The summed E-state index contributed by atoms with van der Waals surface area (Å²) in [7, 11) is 1.98. The summed E-state index contributed by atoms with van der Waals surface area (Å²) in [6.07, 6.45) is 0. The number of hydrogen-bond donors (Lipinski definition) is 1. The van der Waals surface area contributed by atoms with E-state index in [0.29, 0.717) is 18.8 Å². The Kier molecular flexibility index (Phi) is 4.77. The number of nitrogens with zero attached hydrogens (tertiary/aromatic N) is 2. The fourth-order valence-corrected chi connectivity index (χ4v) is 2.28. The number of rotatable bonds is 6. The lowest BCUT2D eigenvalue weighted by molar-refractivity contribution is -0.384. The van der Waals surface area contributed by atoms with Crippen LogP contribution < -0.4 is 10.2 Å². The van der Waals surface area contributed by atoms with E-state index in [0.717, 1.165) is 11.3 Å². The van der Waals surface area contributed by atoms with Gasteiger partial charge >= 0.3 is 0 Å². The molecule has 0 aliphatic carbocycles. The van der Waals surface area contributed by atoms with E-state index in [-0.39, 0.29) is 10.6 Å². The summed E-state index contributed by atoms with van der Waals surface area (Å²) in [5.41, 5.74) is 2.72. The molecule has 0 saturated carbocycles. The Bertz CT molecular complexity index is 614. The Morgan fingerprint density at radius 3 is 2.48 bits per heavy atom. The highest BCUT2D eigenvalue weighted by Gasteiger charge is 2.17. The summed E-state index contributed by atoms with van der Waals surface area (Å²) in [6, 6.07) is 15.1. The smallest absolute Gasteiger partial charge is 0.292 e. The van der Waals surface area contributed by atoms with Gasteiger partial charge in [-0.2, -0.15) is 0 Å². The minimum absolute atomic E-state index is 0.121. The number of anilines is 2. The van der Waals surface area contributed by atoms with Crippen LogP contribution in [0.15, 0.2) is 48.5 Å². The van der Waals surface area contributed by atoms with Gasteiger partial charge in [-0.25, -0.2) is 0 Å². The number of nitrogens with one attached hydrogen (secondary N) is 1. The van der Waals surface area contributed by atoms with E-state index in [4.69, 9.17) is 0 Å². The SMILES string of the molecule is CCNc1c(CN(C)c2ccccc2)cccc1[N+](=O)[O-]. The third kappa shape index (κ3) is 3.51. The molecule has 0 aromatic heterocycles. The Morgan fingerprint density at radius 2 is 1.86 bits per heavy atom. The molecule has 0 aliphatic rings. The molecular weight excluding hydrogens is 266 g/mol. The highest BCUT2D eigenvalue weighted by atomic mass is 16.6. The molecule has 0 aliphatic heterocycles. The van der Waals surface area contributed by atoms with E-state index in [9.17, 15) is 10.1 Å². The van der Waals surface area contributed by atoms with E-state index in [2.05, 4.69) is 10.2 Å². The zero-order chi connectivity index (χ0) is 15.2. The monoisotopic (exact) mass is 285 g/mol. The van der Waals surface area contributed by atoms with Crippen LogP contribution in [0, 0.1) is 10.1 Å². The van der Waals surface area contributed by atoms with Crippen molar-refractivity contribution in [3.8, 4) is 0 Å². The molecule has 0 atom stereocenters. The predicted molar refractivity (Wildman–Crippen MR) is 85.8 cm³/mol. The quantitative estimate of drug-likeness (QED) is 0.650. The molecule has 0 bridgehead atoms. The largest absolute Gasteiger partial charge is 0.379 e. The molecule has 0 radical (unpaired) electrons. The molecule has 5 heteroatoms. The lowest BCUT2D eigenvalue weighted by Crippen LogP contribution is -2.18. The van der Waals surface area contributed by atoms with Crippen LogP contribution in [-0.2, 0) is 6.54 Å². The van der Waals surface area contributed by atoms with Crippen molar-refractivity contribution in [1.29, 1.82) is 0 Å². The van der Waals surface area contributed by atoms with Gasteiger partial charge < -0.3 is 10.2 Å². The molecule has 2 aromatic rings. The zero-order valence-electron chi connectivity index (χ0n) is 12.2. The van der Waals surface area contributed by atoms with Gasteiger partial charge in [0.1, 0.15) is 5.69 Å². The van der Waals surface area contributed by atoms with Gasteiger partial charge in [0.2, 0.25) is 0 Å². The maximum absolute atomic E-state index is 11.2. The Hall–Kier alpha value is -2.56. The van der Waals surface area contributed by atoms with Crippen LogP contribution in [0.5, 0.6) is 0 Å². The van der Waals surface area contributed by atoms with E-state index in [1.807, 2.05) is 50.4 Å². The highest BCUT2D eigenvalue weighted by molar-refractivity contribution is 5.67. The molecule has 5 nitrogen and oxygen atoms in total. The summed E-state index contributed by atoms with van der Waals surface area (Å²) in [6.45, 7) is 3.18. The van der Waals surface area contributed by atoms with Gasteiger partial charge in [-0.3, -0.25) is 10.1 Å². The predicted octanol–water partition coefficient (Wildman–Crippen LogP) is 3.66. The van der Waals surface area contributed by atoms with Crippen LogP contribution >= 0.6 is 0 Å². The van der Waals surface area contributed by atoms with Crippen molar-refractivity contribution < 1.29 is 4.92 Å². The molecule has 0 fully saturated rings. The summed E-state index contributed by atoms with van der Waals surface area (Å²) in [5, 5.41) is 14.3. The van der Waals surface area contributed by atoms with E-state index < -0.39 is 0 Å². The van der Waals surface area contributed by atoms with E-state index in [1.165, 1.54) is 6.07 Å². The number of hydrogen-bond acceptors (Lipinski definition) is 4. The van der Waals surface area contributed by atoms with Gasteiger partial charge in [-0.05, 0) is 19.1 Å². The van der Waals surface area contributed by atoms with Gasteiger partial charge in [0.15, 0.2) is 0 Å². The van der Waals surface area contributed by atoms with E-state index in [1.54, 1.807) is 6.07 Å². The summed E-state index contributed by atoms with van der Waals surface area (Å²) < 4.78 is 0. The maximum atomic E-state index is 11.2. The van der Waals surface area contributed by atoms with Crippen molar-refractivity contribution >= 4 is 17.1 Å². The number of para-hydroxylation sites is 2. The standard InChI is InChI=1S/C16H19N3O2/c1-3-17-16-13(8-7-11-15(16)19(20)21)12-18(2)14-9-5-4-6-10-14/h4-11,17H,3,12H2,1-2H3. The van der Waals surface area contributed by atoms with Crippen LogP contribution in [0.25, 0.3) is 0 Å². The van der Waals surface area contributed by atoms with Gasteiger partial charge in [0.25, 0.3) is 5.69 Å². The molecule has 0 saturated heterocycles. The maximum Gasteiger partial charge on any atom is 0.292 e. The van der Waals surface area contributed by atoms with Crippen LogP contribution in [0.4, 0.5) is 17.1 Å². The molecule has 0 heterocycles. The zero-order valence-corrected chi connectivity index (χ0v) is 12.2. The number of nitro benzene ring substituents is 1. The van der Waals surface area contributed by atoms with Crippen molar-refractivity contribution in [3.63, 3.8) is 0 Å². The molecular formula is C16H19N3O2. The highest BCUT2D eigenvalue weighted by Crippen LogP contribution is 2.29. The Labute approximate surface area is 124 Å². The van der Waals surface area contributed by atoms with Gasteiger partial charge in [-0.1, -0.05) is 30.3 Å². The topological polar surface area (TPSA) is 58.4 Å². The fraction of sp³-hybridized carbons (Fsp3) is 0.250. The van der Waals surface area contributed by atoms with Crippen molar-refractivity contribution in [2.24, 2.45) is 0 Å². The van der Waals surface area contributed by atoms with Crippen molar-refractivity contribution in [2.45, 2.75) is 13.5 Å². The van der Waals surface area contributed by atoms with Crippen LogP contribution in [0.1, 0.15) is 12.5 Å². The molecule has 2 rings (SSSR count). The van der Waals surface area contributed by atoms with Crippen LogP contribution in [0.2, 0.25) is 0 Å². The first kappa shape index (κ1) is 14.8. The lowest BCUT2D eigenvalue weighted by Gasteiger charge is -2.21. The average molecular weight is 285 g/mol. The molecule has 21 heavy (non-hydrogen) atoms. The molecule has 0 unspecified atom stereocenters. The van der Waals surface area contributed by atoms with Crippen molar-refractivity contribution in [3.05, 3.63) is 64.2 Å². The second kappa shape index (κ2) is 6.74. The normalized spacial score (nSPS) is 10.2. The van der Waals surface area contributed by atoms with Crippen molar-refractivity contribution in [2.75, 3.05) is 23.8 Å². The van der Waals surface area contributed by atoms with Crippen molar-refractivity contribution in [1.82, 2.24) is 0 Å². The first-order valence-corrected chi connectivity index (χ1v) is 6.89. The lowest BCUT2D eigenvalue weighted by atomic mass is 10.1. The second-order valence-electron chi connectivity index (χ2n) is 4.79. The first-order valence-electron chi connectivity index (χ1n) is 6.89. The van der Waals surface area contributed by atoms with Gasteiger partial charge in [0, 0.05) is 37.5 Å².